The highest BCUT2D eigenvalue weighted by Crippen LogP contribution is 2.18. The van der Waals surface area contributed by atoms with Crippen LogP contribution in [0.1, 0.15) is 5.69 Å². The van der Waals surface area contributed by atoms with Crippen molar-refractivity contribution in [1.82, 2.24) is 20.1 Å². The van der Waals surface area contributed by atoms with Crippen molar-refractivity contribution in [2.75, 3.05) is 39.8 Å². The SMILES string of the molecule is CN(CC(=O)N1CCNCC1)Cc1nc(Cl)ccc1Cl. The highest BCUT2D eigenvalue weighted by molar-refractivity contribution is 6.32. The van der Waals surface area contributed by atoms with E-state index in [1.54, 1.807) is 12.1 Å². The molecular formula is C13H18Cl2N4O. The summed E-state index contributed by atoms with van der Waals surface area (Å²) in [4.78, 5) is 20.1. The molecule has 0 unspecified atom stereocenters. The van der Waals surface area contributed by atoms with Crippen molar-refractivity contribution in [3.63, 3.8) is 0 Å². The standard InChI is InChI=1S/C13H18Cl2N4O/c1-18(8-11-10(14)2-3-12(15)17-11)9-13(20)19-6-4-16-5-7-19/h2-3,16H,4-9H2,1H3. The summed E-state index contributed by atoms with van der Waals surface area (Å²) < 4.78 is 0. The zero-order valence-electron chi connectivity index (χ0n) is 11.4. The van der Waals surface area contributed by atoms with Crippen molar-refractivity contribution in [2.45, 2.75) is 6.54 Å². The minimum absolute atomic E-state index is 0.132. The van der Waals surface area contributed by atoms with E-state index in [1.807, 2.05) is 16.8 Å². The first-order valence-electron chi connectivity index (χ1n) is 6.54. The van der Waals surface area contributed by atoms with Gasteiger partial charge in [-0.2, -0.15) is 0 Å². The molecule has 1 aromatic rings. The number of carbonyl (C=O) groups is 1. The minimum atomic E-state index is 0.132. The molecule has 2 rings (SSSR count). The van der Waals surface area contributed by atoms with Crippen LogP contribution in [0.2, 0.25) is 10.2 Å². The molecule has 0 spiro atoms. The Morgan fingerprint density at radius 1 is 1.40 bits per heavy atom. The van der Waals surface area contributed by atoms with Gasteiger partial charge in [-0.1, -0.05) is 23.2 Å². The van der Waals surface area contributed by atoms with Crippen molar-refractivity contribution in [3.05, 3.63) is 28.0 Å². The first-order chi connectivity index (χ1) is 9.56. The van der Waals surface area contributed by atoms with Crippen LogP contribution in [0, 0.1) is 0 Å². The van der Waals surface area contributed by atoms with E-state index in [2.05, 4.69) is 10.3 Å². The molecule has 7 heteroatoms. The molecular weight excluding hydrogens is 299 g/mol. The van der Waals surface area contributed by atoms with E-state index in [0.29, 0.717) is 29.0 Å². The lowest BCUT2D eigenvalue weighted by molar-refractivity contribution is -0.132. The highest BCUT2D eigenvalue weighted by Gasteiger charge is 2.18. The van der Waals surface area contributed by atoms with E-state index in [-0.39, 0.29) is 5.91 Å². The largest absolute Gasteiger partial charge is 0.339 e. The summed E-state index contributed by atoms with van der Waals surface area (Å²) in [7, 11) is 1.87. The van der Waals surface area contributed by atoms with Gasteiger partial charge in [-0.15, -0.1) is 0 Å². The molecule has 1 aliphatic heterocycles. The van der Waals surface area contributed by atoms with Crippen molar-refractivity contribution in [2.24, 2.45) is 0 Å². The molecule has 110 valence electrons. The number of halogens is 2. The summed E-state index contributed by atoms with van der Waals surface area (Å²) in [5.74, 6) is 0.132. The van der Waals surface area contributed by atoms with E-state index in [0.717, 1.165) is 26.2 Å². The number of piperazine rings is 1. The predicted octanol–water partition coefficient (Wildman–Crippen LogP) is 1.25. The van der Waals surface area contributed by atoms with Gasteiger partial charge >= 0.3 is 0 Å². The van der Waals surface area contributed by atoms with Crippen LogP contribution in [0.25, 0.3) is 0 Å². The molecule has 1 N–H and O–H groups in total. The number of pyridine rings is 1. The second-order valence-corrected chi connectivity index (χ2v) is 5.66. The first-order valence-corrected chi connectivity index (χ1v) is 7.30. The topological polar surface area (TPSA) is 48.5 Å². The Hall–Kier alpha value is -0.880. The van der Waals surface area contributed by atoms with Crippen LogP contribution in [-0.4, -0.2) is 60.5 Å². The number of aromatic nitrogens is 1. The van der Waals surface area contributed by atoms with Crippen LogP contribution in [0.15, 0.2) is 12.1 Å². The zero-order chi connectivity index (χ0) is 14.5. The third kappa shape index (κ3) is 4.31. The Balaban J connectivity index is 1.89. The van der Waals surface area contributed by atoms with Gasteiger partial charge in [0.05, 0.1) is 17.3 Å². The normalized spacial score (nSPS) is 15.7. The lowest BCUT2D eigenvalue weighted by atomic mass is 10.3. The molecule has 20 heavy (non-hydrogen) atoms. The summed E-state index contributed by atoms with van der Waals surface area (Å²) >= 11 is 11.9. The van der Waals surface area contributed by atoms with E-state index in [4.69, 9.17) is 23.2 Å². The summed E-state index contributed by atoms with van der Waals surface area (Å²) in [5, 5.41) is 4.20. The van der Waals surface area contributed by atoms with Gasteiger partial charge in [-0.3, -0.25) is 9.69 Å². The summed E-state index contributed by atoms with van der Waals surface area (Å²) in [6.07, 6.45) is 0. The van der Waals surface area contributed by atoms with Crippen LogP contribution in [0.5, 0.6) is 0 Å². The second-order valence-electron chi connectivity index (χ2n) is 4.87. The molecule has 0 radical (unpaired) electrons. The van der Waals surface area contributed by atoms with Gasteiger partial charge in [0.1, 0.15) is 5.15 Å². The maximum absolute atomic E-state index is 12.1. The fourth-order valence-electron chi connectivity index (χ4n) is 2.13. The molecule has 1 fully saturated rings. The Kier molecular flexibility index (Phi) is 5.60. The molecule has 0 aromatic carbocycles. The lowest BCUT2D eigenvalue weighted by Crippen LogP contribution is -2.49. The fraction of sp³-hybridized carbons (Fsp3) is 0.538. The van der Waals surface area contributed by atoms with Crippen molar-refractivity contribution in [3.8, 4) is 0 Å². The Morgan fingerprint density at radius 2 is 2.10 bits per heavy atom. The third-order valence-corrected chi connectivity index (χ3v) is 3.73. The predicted molar refractivity (Wildman–Crippen MR) is 80.0 cm³/mol. The van der Waals surface area contributed by atoms with Gasteiger partial charge < -0.3 is 10.2 Å². The van der Waals surface area contributed by atoms with E-state index >= 15 is 0 Å². The molecule has 1 amide bonds. The van der Waals surface area contributed by atoms with Gasteiger partial charge in [0.2, 0.25) is 5.91 Å². The van der Waals surface area contributed by atoms with Crippen LogP contribution < -0.4 is 5.32 Å². The summed E-state index contributed by atoms with van der Waals surface area (Å²) in [5.41, 5.74) is 0.690. The molecule has 0 saturated carbocycles. The molecule has 0 bridgehead atoms. The molecule has 1 aliphatic rings. The average Bonchev–Trinajstić information content (AvgIpc) is 2.43. The molecule has 0 aliphatic carbocycles. The number of likely N-dealkylation sites (N-methyl/N-ethyl adjacent to an activating group) is 1. The van der Waals surface area contributed by atoms with Crippen LogP contribution in [-0.2, 0) is 11.3 Å². The average molecular weight is 317 g/mol. The van der Waals surface area contributed by atoms with Crippen LogP contribution >= 0.6 is 23.2 Å². The van der Waals surface area contributed by atoms with Gasteiger partial charge in [-0.05, 0) is 19.2 Å². The Bertz CT molecular complexity index is 477. The molecule has 0 atom stereocenters. The van der Waals surface area contributed by atoms with E-state index in [9.17, 15) is 4.79 Å². The van der Waals surface area contributed by atoms with E-state index in [1.165, 1.54) is 0 Å². The molecule has 1 aromatic heterocycles. The van der Waals surface area contributed by atoms with E-state index < -0.39 is 0 Å². The number of nitrogens with zero attached hydrogens (tertiary/aromatic N) is 3. The van der Waals surface area contributed by atoms with Crippen LogP contribution in [0.3, 0.4) is 0 Å². The first kappa shape index (κ1) is 15.5. The maximum atomic E-state index is 12.1. The molecule has 2 heterocycles. The zero-order valence-corrected chi connectivity index (χ0v) is 12.9. The third-order valence-electron chi connectivity index (χ3n) is 3.18. The van der Waals surface area contributed by atoms with Gasteiger partial charge in [0.25, 0.3) is 0 Å². The number of amides is 1. The number of nitrogens with one attached hydrogen (secondary N) is 1. The Morgan fingerprint density at radius 3 is 2.80 bits per heavy atom. The number of hydrogen-bond donors (Lipinski definition) is 1. The lowest BCUT2D eigenvalue weighted by Gasteiger charge is -2.29. The van der Waals surface area contributed by atoms with Gasteiger partial charge in [0.15, 0.2) is 0 Å². The molecule has 5 nitrogen and oxygen atoms in total. The number of hydrogen-bond acceptors (Lipinski definition) is 4. The maximum Gasteiger partial charge on any atom is 0.236 e. The summed E-state index contributed by atoms with van der Waals surface area (Å²) in [6.45, 7) is 4.10. The molecule has 1 saturated heterocycles. The smallest absolute Gasteiger partial charge is 0.236 e. The Labute approximate surface area is 128 Å². The van der Waals surface area contributed by atoms with Crippen molar-refractivity contribution < 1.29 is 4.79 Å². The second kappa shape index (κ2) is 7.22. The van der Waals surface area contributed by atoms with Gasteiger partial charge in [0, 0.05) is 32.7 Å². The van der Waals surface area contributed by atoms with Crippen molar-refractivity contribution >= 4 is 29.1 Å². The monoisotopic (exact) mass is 316 g/mol. The van der Waals surface area contributed by atoms with Crippen molar-refractivity contribution in [1.29, 1.82) is 0 Å². The quantitative estimate of drug-likeness (QED) is 0.849. The highest BCUT2D eigenvalue weighted by atomic mass is 35.5. The fourth-order valence-corrected chi connectivity index (χ4v) is 2.46. The van der Waals surface area contributed by atoms with Crippen LogP contribution in [0.4, 0.5) is 0 Å². The number of rotatable bonds is 4. The minimum Gasteiger partial charge on any atom is -0.339 e. The number of carbonyl (C=O) groups excluding carboxylic acids is 1. The van der Waals surface area contributed by atoms with Gasteiger partial charge in [-0.25, -0.2) is 4.98 Å². The summed E-state index contributed by atoms with van der Waals surface area (Å²) in [6, 6.07) is 3.37.